The van der Waals surface area contributed by atoms with Crippen LogP contribution in [-0.4, -0.2) is 34.8 Å². The fraction of sp³-hybridized carbons (Fsp3) is 0.556. The zero-order chi connectivity index (χ0) is 25.0. The molecule has 0 atom stereocenters. The Kier molecular flexibility index (Phi) is 8.59. The van der Waals surface area contributed by atoms with Crippen LogP contribution in [0.1, 0.15) is 87.3 Å². The molecule has 1 aliphatic rings. The van der Waals surface area contributed by atoms with E-state index in [0.717, 1.165) is 61.8 Å². The molecule has 1 aromatic carbocycles. The van der Waals surface area contributed by atoms with Crippen molar-refractivity contribution in [2.45, 2.75) is 77.3 Å². The van der Waals surface area contributed by atoms with Crippen molar-refractivity contribution in [2.75, 3.05) is 19.6 Å². The normalized spacial score (nSPS) is 16.0. The quantitative estimate of drug-likeness (QED) is 0.313. The van der Waals surface area contributed by atoms with Gasteiger partial charge in [0.1, 0.15) is 0 Å². The molecule has 3 aromatic rings. The fourth-order valence-electron chi connectivity index (χ4n) is 4.79. The number of nitrogens with zero attached hydrogens (tertiary/aromatic N) is 3. The van der Waals surface area contributed by atoms with Gasteiger partial charge in [0, 0.05) is 12.1 Å². The summed E-state index contributed by atoms with van der Waals surface area (Å²) in [7, 11) is 0. The van der Waals surface area contributed by atoms with Crippen molar-refractivity contribution < 1.29 is 9.05 Å². The molecule has 0 amide bonds. The minimum atomic E-state index is 0.0345. The first kappa shape index (κ1) is 26.2. The largest absolute Gasteiger partial charge is 0.360 e. The molecule has 0 radical (unpaired) electrons. The number of rotatable bonds is 10. The van der Waals surface area contributed by atoms with E-state index in [2.05, 4.69) is 72.5 Å². The Morgan fingerprint density at radius 2 is 1.46 bits per heavy atom. The van der Waals surface area contributed by atoms with E-state index in [0.29, 0.717) is 35.0 Å². The molecule has 0 saturated carbocycles. The zero-order valence-corrected chi connectivity index (χ0v) is 22.6. The van der Waals surface area contributed by atoms with Gasteiger partial charge in [-0.2, -0.15) is 0 Å². The van der Waals surface area contributed by atoms with Crippen molar-refractivity contribution in [1.29, 1.82) is 0 Å². The molecule has 1 N–H and O–H groups in total. The molecular formula is C27H36Cl2N4O2. The molecule has 2 aromatic heterocycles. The van der Waals surface area contributed by atoms with Crippen molar-refractivity contribution in [3.63, 3.8) is 0 Å². The lowest BCUT2D eigenvalue weighted by Crippen LogP contribution is -2.42. The summed E-state index contributed by atoms with van der Waals surface area (Å²) in [5.41, 5.74) is 3.25. The van der Waals surface area contributed by atoms with Crippen molar-refractivity contribution >= 4 is 23.2 Å². The van der Waals surface area contributed by atoms with Gasteiger partial charge in [-0.3, -0.25) is 4.90 Å². The first-order valence-corrected chi connectivity index (χ1v) is 13.3. The van der Waals surface area contributed by atoms with Gasteiger partial charge < -0.3 is 14.4 Å². The summed E-state index contributed by atoms with van der Waals surface area (Å²) in [5, 5.41) is 13.2. The lowest BCUT2D eigenvalue weighted by atomic mass is 9.70. The third-order valence-electron chi connectivity index (χ3n) is 7.10. The second-order valence-corrected chi connectivity index (χ2v) is 11.2. The maximum Gasteiger partial charge on any atom is 0.150 e. The molecule has 1 aliphatic heterocycles. The Balaban J connectivity index is 1.56. The van der Waals surface area contributed by atoms with Crippen LogP contribution < -0.4 is 5.32 Å². The summed E-state index contributed by atoms with van der Waals surface area (Å²) >= 11 is 12.7. The molecule has 0 aliphatic carbocycles. The predicted molar refractivity (Wildman–Crippen MR) is 140 cm³/mol. The average Bonchev–Trinajstić information content (AvgIpc) is 3.50. The minimum Gasteiger partial charge on any atom is -0.360 e. The van der Waals surface area contributed by atoms with Crippen LogP contribution in [0.15, 0.2) is 39.4 Å². The molecule has 6 nitrogen and oxygen atoms in total. The van der Waals surface area contributed by atoms with Crippen molar-refractivity contribution in [3.05, 3.63) is 68.8 Å². The number of hydrogen-bond acceptors (Lipinski definition) is 6. The summed E-state index contributed by atoms with van der Waals surface area (Å²) in [6.45, 7) is 12.7. The third kappa shape index (κ3) is 6.48. The minimum absolute atomic E-state index is 0.0345. The summed E-state index contributed by atoms with van der Waals surface area (Å²) in [4.78, 5) is 2.37. The highest BCUT2D eigenvalue weighted by Crippen LogP contribution is 2.39. The van der Waals surface area contributed by atoms with Crippen LogP contribution in [-0.2, 0) is 18.5 Å². The number of benzene rings is 1. The molecule has 1 saturated heterocycles. The lowest BCUT2D eigenvalue weighted by Gasteiger charge is -2.40. The maximum absolute atomic E-state index is 6.43. The highest BCUT2D eigenvalue weighted by atomic mass is 35.5. The van der Waals surface area contributed by atoms with Crippen LogP contribution in [0.5, 0.6) is 0 Å². The molecule has 190 valence electrons. The number of piperidine rings is 1. The highest BCUT2D eigenvalue weighted by Gasteiger charge is 2.34. The van der Waals surface area contributed by atoms with Crippen molar-refractivity contribution in [3.8, 4) is 0 Å². The molecule has 35 heavy (non-hydrogen) atoms. The number of aromatic nitrogens is 2. The molecule has 3 heterocycles. The molecule has 0 unspecified atom stereocenters. The van der Waals surface area contributed by atoms with Crippen LogP contribution in [0.25, 0.3) is 0 Å². The van der Waals surface area contributed by atoms with Gasteiger partial charge in [-0.15, -0.1) is 0 Å². The van der Waals surface area contributed by atoms with Crippen molar-refractivity contribution in [1.82, 2.24) is 20.5 Å². The molecule has 4 rings (SSSR count). The van der Waals surface area contributed by atoms with E-state index in [1.807, 2.05) is 6.07 Å². The Morgan fingerprint density at radius 1 is 0.886 bits per heavy atom. The maximum atomic E-state index is 6.43. The van der Waals surface area contributed by atoms with Crippen LogP contribution in [0.4, 0.5) is 0 Å². The van der Waals surface area contributed by atoms with E-state index in [1.165, 1.54) is 5.56 Å². The van der Waals surface area contributed by atoms with Gasteiger partial charge in [0.25, 0.3) is 0 Å². The van der Waals surface area contributed by atoms with Gasteiger partial charge >= 0.3 is 0 Å². The first-order valence-electron chi connectivity index (χ1n) is 12.6. The lowest BCUT2D eigenvalue weighted by molar-refractivity contribution is 0.168. The van der Waals surface area contributed by atoms with E-state index in [9.17, 15) is 0 Å². The number of hydrogen-bond donors (Lipinski definition) is 1. The zero-order valence-electron chi connectivity index (χ0n) is 21.1. The SMILES string of the molecule is CC(C)c1cc(CN(CCC2(c3ccc(Cl)c(Cl)c3)CCNCC2)Cc2cc(C(C)C)no2)on1. The fourth-order valence-corrected chi connectivity index (χ4v) is 5.09. The smallest absolute Gasteiger partial charge is 0.150 e. The van der Waals surface area contributed by atoms with Gasteiger partial charge in [-0.25, -0.2) is 0 Å². The average molecular weight is 520 g/mol. The van der Waals surface area contributed by atoms with Crippen LogP contribution in [0.3, 0.4) is 0 Å². The number of nitrogens with one attached hydrogen (secondary N) is 1. The molecular weight excluding hydrogens is 483 g/mol. The topological polar surface area (TPSA) is 67.3 Å². The van der Waals surface area contributed by atoms with Crippen LogP contribution >= 0.6 is 23.2 Å². The van der Waals surface area contributed by atoms with Crippen molar-refractivity contribution in [2.24, 2.45) is 0 Å². The van der Waals surface area contributed by atoms with E-state index in [-0.39, 0.29) is 5.41 Å². The third-order valence-corrected chi connectivity index (χ3v) is 7.83. The van der Waals surface area contributed by atoms with E-state index in [1.54, 1.807) is 0 Å². The van der Waals surface area contributed by atoms with Crippen LogP contribution in [0.2, 0.25) is 10.0 Å². The second-order valence-electron chi connectivity index (χ2n) is 10.4. The Labute approximate surface area is 218 Å². The van der Waals surface area contributed by atoms with Gasteiger partial charge in [0.05, 0.1) is 34.5 Å². The van der Waals surface area contributed by atoms with Gasteiger partial charge in [0.2, 0.25) is 0 Å². The molecule has 8 heteroatoms. The van der Waals surface area contributed by atoms with E-state index < -0.39 is 0 Å². The Morgan fingerprint density at radius 3 is 1.94 bits per heavy atom. The number of halogens is 2. The molecule has 1 fully saturated rings. The Bertz CT molecular complexity index is 1050. The molecule has 0 bridgehead atoms. The highest BCUT2D eigenvalue weighted by molar-refractivity contribution is 6.42. The van der Waals surface area contributed by atoms with E-state index >= 15 is 0 Å². The summed E-state index contributed by atoms with van der Waals surface area (Å²) < 4.78 is 11.4. The first-order chi connectivity index (χ1) is 16.8. The molecule has 0 spiro atoms. The van der Waals surface area contributed by atoms with Crippen LogP contribution in [0, 0.1) is 0 Å². The summed E-state index contributed by atoms with van der Waals surface area (Å²) in [6.07, 6.45) is 3.10. The Hall–Kier alpha value is -1.86. The standard InChI is InChI=1S/C27H36Cl2N4O2/c1-18(2)25-14-21(34-31-25)16-33(17-22-15-26(19(3)4)32-35-22)12-9-27(7-10-30-11-8-27)20-5-6-23(28)24(29)13-20/h5-6,13-15,18-19,30H,7-12,16-17H2,1-4H3. The summed E-state index contributed by atoms with van der Waals surface area (Å²) in [6, 6.07) is 10.2. The monoisotopic (exact) mass is 518 g/mol. The van der Waals surface area contributed by atoms with Gasteiger partial charge in [-0.05, 0) is 73.8 Å². The summed E-state index contributed by atoms with van der Waals surface area (Å²) in [5.74, 6) is 2.39. The predicted octanol–water partition coefficient (Wildman–Crippen LogP) is 6.93. The van der Waals surface area contributed by atoms with Gasteiger partial charge in [-0.1, -0.05) is 67.3 Å². The second kappa shape index (κ2) is 11.5. The van der Waals surface area contributed by atoms with E-state index in [4.69, 9.17) is 32.2 Å². The van der Waals surface area contributed by atoms with Gasteiger partial charge in [0.15, 0.2) is 11.5 Å².